The van der Waals surface area contributed by atoms with Crippen molar-refractivity contribution >= 4 is 84.0 Å². The Morgan fingerprint density at radius 1 is 0.480 bits per heavy atom. The Labute approximate surface area is 317 Å². The van der Waals surface area contributed by atoms with E-state index in [9.17, 15) is 13.2 Å². The summed E-state index contributed by atoms with van der Waals surface area (Å²) in [6.45, 7) is 0. The highest BCUT2D eigenvalue weighted by molar-refractivity contribution is 9.38. The molecule has 0 aliphatic carbocycles. The molecule has 1 aliphatic rings. The van der Waals surface area contributed by atoms with Gasteiger partial charge in [0.05, 0.1) is 5.56 Å². The van der Waals surface area contributed by atoms with E-state index in [4.69, 9.17) is 4.43 Å². The van der Waals surface area contributed by atoms with Crippen molar-refractivity contribution in [2.24, 2.45) is 0 Å². The summed E-state index contributed by atoms with van der Waals surface area (Å²) in [6.07, 6.45) is -3.88. The number of benzene rings is 6. The van der Waals surface area contributed by atoms with Crippen molar-refractivity contribution in [2.75, 3.05) is 0 Å². The van der Waals surface area contributed by atoms with Gasteiger partial charge in [0.1, 0.15) is 5.60 Å². The lowest BCUT2D eigenvalue weighted by atomic mass is 9.83. The van der Waals surface area contributed by atoms with E-state index in [1.165, 1.54) is 22.5 Å². The molecule has 1 atom stereocenters. The van der Waals surface area contributed by atoms with E-state index in [0.29, 0.717) is 12.0 Å². The Morgan fingerprint density at radius 3 is 1.20 bits per heavy atom. The maximum atomic E-state index is 13.9. The van der Waals surface area contributed by atoms with Crippen molar-refractivity contribution in [1.29, 1.82) is 0 Å². The van der Waals surface area contributed by atoms with Gasteiger partial charge in [-0.15, -0.1) is 0 Å². The Balaban J connectivity index is 1.60. The summed E-state index contributed by atoms with van der Waals surface area (Å²) in [7, 11) is -6.33. The zero-order valence-corrected chi connectivity index (χ0v) is 33.5. The minimum absolute atomic E-state index is 0.574. The van der Waals surface area contributed by atoms with Crippen LogP contribution < -0.4 is 20.7 Å². The molecule has 1 aliphatic heterocycles. The fourth-order valence-corrected chi connectivity index (χ4v) is 26.7. The lowest BCUT2D eigenvalue weighted by Crippen LogP contribution is -2.89. The molecule has 1 nitrogen and oxygen atoms in total. The van der Waals surface area contributed by atoms with Crippen LogP contribution in [0.2, 0.25) is 6.04 Å². The Kier molecular flexibility index (Phi) is 9.77. The van der Waals surface area contributed by atoms with E-state index in [0.717, 1.165) is 27.5 Å². The van der Waals surface area contributed by atoms with Gasteiger partial charge < -0.3 is 4.43 Å². The van der Waals surface area contributed by atoms with Gasteiger partial charge in [-0.3, -0.25) is 0 Å². The first-order valence-corrected chi connectivity index (χ1v) is 23.8. The summed E-state index contributed by atoms with van der Waals surface area (Å²) in [5, 5.41) is 4.84. The molecule has 0 amide bonds. The molecule has 0 N–H and O–H groups in total. The molecule has 0 saturated carbocycles. The third kappa shape index (κ3) is 6.13. The first-order chi connectivity index (χ1) is 24.0. The zero-order chi connectivity index (χ0) is 35.0. The number of rotatable bonds is 6. The third-order valence-electron chi connectivity index (χ3n) is 10.0. The average Bonchev–Trinajstić information content (AvgIpc) is 3.15. The van der Waals surface area contributed by atoms with Crippen molar-refractivity contribution in [1.82, 2.24) is 0 Å². The van der Waals surface area contributed by atoms with Crippen LogP contribution in [0.25, 0.3) is 0 Å². The highest BCUT2D eigenvalue weighted by Gasteiger charge is 2.67. The molecule has 0 radical (unpaired) electrons. The number of alkyl halides is 6. The smallest absolute Gasteiger partial charge is 0.396 e. The van der Waals surface area contributed by atoms with E-state index in [1.54, 1.807) is 12.1 Å². The van der Waals surface area contributed by atoms with Gasteiger partial charge >= 0.3 is 6.18 Å². The minimum atomic E-state index is -4.46. The summed E-state index contributed by atoms with van der Waals surface area (Å²) in [5.41, 5.74) is 0.788. The summed E-state index contributed by atoms with van der Waals surface area (Å²) in [5.74, 6) is 0. The standard InChI is InChI=1S/C41H32Br3F3OSi2/c42-40(43,44)33-25-21-31(22-26-33)39(32-23-27-34(28-24-32)41(45,46)47)29-30-49(35-13-5-1-6-14-35,36-15-7-2-8-16-36)50(48-39,37-17-9-3-10-18-37)38-19-11-4-12-20-38/h1-28H,29-30H2. The molecule has 6 aromatic carbocycles. The minimum Gasteiger partial charge on any atom is -0.396 e. The first-order valence-electron chi connectivity index (χ1n) is 16.3. The predicted octanol–water partition coefficient (Wildman–Crippen LogP) is 9.77. The molecule has 1 saturated heterocycles. The van der Waals surface area contributed by atoms with Crippen LogP contribution in [0.15, 0.2) is 170 Å². The molecule has 50 heavy (non-hydrogen) atoms. The fraction of sp³-hybridized carbons (Fsp3) is 0.122. The summed E-state index contributed by atoms with van der Waals surface area (Å²) < 4.78 is 49.5. The predicted molar refractivity (Wildman–Crippen MR) is 213 cm³/mol. The normalized spacial score (nSPS) is 18.8. The second-order valence-electron chi connectivity index (χ2n) is 12.6. The molecule has 252 valence electrons. The Bertz CT molecular complexity index is 1900. The van der Waals surface area contributed by atoms with Gasteiger partial charge in [-0.1, -0.05) is 216 Å². The molecule has 6 aromatic rings. The fourth-order valence-electron chi connectivity index (χ4n) is 7.80. The van der Waals surface area contributed by atoms with E-state index in [2.05, 4.69) is 169 Å². The molecular weight excluding hydrogens is 861 g/mol. The average molecular weight is 894 g/mol. The third-order valence-corrected chi connectivity index (χ3v) is 27.3. The molecule has 0 bridgehead atoms. The summed E-state index contributed by atoms with van der Waals surface area (Å²) in [6, 6.07) is 57.4. The largest absolute Gasteiger partial charge is 0.416 e. The summed E-state index contributed by atoms with van der Waals surface area (Å²) in [4.78, 5) is 0. The van der Waals surface area contributed by atoms with Crippen LogP contribution in [0.3, 0.4) is 0 Å². The molecule has 9 heteroatoms. The van der Waals surface area contributed by atoms with Crippen molar-refractivity contribution in [3.05, 3.63) is 192 Å². The zero-order valence-electron chi connectivity index (χ0n) is 26.8. The van der Waals surface area contributed by atoms with E-state index in [-0.39, 0.29) is 0 Å². The SMILES string of the molecule is FC(F)(F)c1ccc(C2(c3ccc(C(Br)(Br)Br)cc3)CC[Si](c3ccccc3)(c3ccccc3)[Si](c3ccccc3)(c3ccccc3)O2)cc1. The summed E-state index contributed by atoms with van der Waals surface area (Å²) >= 11 is 10.9. The van der Waals surface area contributed by atoms with Crippen LogP contribution in [0.5, 0.6) is 0 Å². The number of hydrogen-bond donors (Lipinski definition) is 0. The van der Waals surface area contributed by atoms with E-state index >= 15 is 0 Å². The van der Waals surface area contributed by atoms with Crippen LogP contribution in [0.4, 0.5) is 13.2 Å². The lowest BCUT2D eigenvalue weighted by Gasteiger charge is -2.58. The topological polar surface area (TPSA) is 9.23 Å². The maximum absolute atomic E-state index is 13.9. The second-order valence-corrected chi connectivity index (χ2v) is 30.3. The maximum Gasteiger partial charge on any atom is 0.416 e. The van der Waals surface area contributed by atoms with Gasteiger partial charge in [0.15, 0.2) is 9.73 Å². The quantitative estimate of drug-likeness (QED) is 0.120. The van der Waals surface area contributed by atoms with Crippen LogP contribution in [-0.4, -0.2) is 15.4 Å². The molecule has 1 fully saturated rings. The molecule has 0 spiro atoms. The van der Waals surface area contributed by atoms with Gasteiger partial charge in [0.25, 0.3) is 7.83 Å². The van der Waals surface area contributed by atoms with Gasteiger partial charge in [0.2, 0.25) is 0 Å². The highest BCUT2D eigenvalue weighted by Crippen LogP contribution is 2.50. The second kappa shape index (κ2) is 13.8. The van der Waals surface area contributed by atoms with Crippen LogP contribution in [-0.2, 0) is 18.3 Å². The molecular formula is C41H32Br3F3OSi2. The van der Waals surface area contributed by atoms with Crippen molar-refractivity contribution < 1.29 is 17.6 Å². The molecule has 1 unspecified atom stereocenters. The van der Waals surface area contributed by atoms with Gasteiger partial charge in [0, 0.05) is 0 Å². The van der Waals surface area contributed by atoms with Crippen molar-refractivity contribution in [3.63, 3.8) is 0 Å². The lowest BCUT2D eigenvalue weighted by molar-refractivity contribution is -0.137. The van der Waals surface area contributed by atoms with Crippen molar-refractivity contribution in [2.45, 2.75) is 26.4 Å². The van der Waals surface area contributed by atoms with Gasteiger partial charge in [-0.2, -0.15) is 13.2 Å². The monoisotopic (exact) mass is 890 g/mol. The van der Waals surface area contributed by atoms with Crippen LogP contribution in [0.1, 0.15) is 28.7 Å². The number of hydrogen-bond acceptors (Lipinski definition) is 1. The van der Waals surface area contributed by atoms with E-state index < -0.39 is 34.9 Å². The Morgan fingerprint density at radius 2 is 0.840 bits per heavy atom. The Hall–Kier alpha value is -3.06. The number of halogens is 6. The van der Waals surface area contributed by atoms with Gasteiger partial charge in [-0.25, -0.2) is 0 Å². The van der Waals surface area contributed by atoms with Crippen molar-refractivity contribution in [3.8, 4) is 0 Å². The van der Waals surface area contributed by atoms with Gasteiger partial charge in [-0.05, 0) is 51.7 Å². The van der Waals surface area contributed by atoms with Crippen LogP contribution in [0, 0.1) is 0 Å². The van der Waals surface area contributed by atoms with E-state index in [1.807, 2.05) is 24.3 Å². The molecule has 7 rings (SSSR count). The van der Waals surface area contributed by atoms with Crippen LogP contribution >= 0.6 is 47.8 Å². The molecule has 0 aromatic heterocycles. The first kappa shape index (κ1) is 35.4. The molecule has 1 heterocycles. The highest BCUT2D eigenvalue weighted by atomic mass is 80.0.